The van der Waals surface area contributed by atoms with Crippen LogP contribution in [-0.2, 0) is 6.54 Å². The van der Waals surface area contributed by atoms with Gasteiger partial charge in [-0.2, -0.15) is 0 Å². The third-order valence-corrected chi connectivity index (χ3v) is 3.44. The zero-order valence-corrected chi connectivity index (χ0v) is 11.9. The Balaban J connectivity index is 1.77. The van der Waals surface area contributed by atoms with Crippen LogP contribution in [0.5, 0.6) is 0 Å². The van der Waals surface area contributed by atoms with E-state index in [9.17, 15) is 0 Å². The van der Waals surface area contributed by atoms with Crippen LogP contribution in [0.25, 0.3) is 10.9 Å². The summed E-state index contributed by atoms with van der Waals surface area (Å²) in [6.45, 7) is 5.00. The van der Waals surface area contributed by atoms with E-state index in [1.165, 1.54) is 22.1 Å². The van der Waals surface area contributed by atoms with E-state index in [4.69, 9.17) is 0 Å². The largest absolute Gasteiger partial charge is 0.366 e. The number of pyridine rings is 1. The molecule has 0 unspecified atom stereocenters. The standard InChI is InChI=1S/C18H18N2/c1-13-3-6-15(7-4-13)12-19-18-10-8-16-11-14(2)5-9-17(16)20-18/h3-11H,12H2,1-2H3,(H,19,20). The minimum absolute atomic E-state index is 0.796. The van der Waals surface area contributed by atoms with Crippen LogP contribution < -0.4 is 5.32 Å². The molecule has 100 valence electrons. The predicted octanol–water partition coefficient (Wildman–Crippen LogP) is 4.46. The Kier molecular flexibility index (Phi) is 3.38. The number of aryl methyl sites for hydroxylation is 2. The van der Waals surface area contributed by atoms with Crippen LogP contribution in [0, 0.1) is 13.8 Å². The quantitative estimate of drug-likeness (QED) is 0.753. The van der Waals surface area contributed by atoms with Gasteiger partial charge in [0.15, 0.2) is 0 Å². The Morgan fingerprint density at radius 3 is 2.40 bits per heavy atom. The molecular weight excluding hydrogens is 244 g/mol. The SMILES string of the molecule is Cc1ccc(CNc2ccc3cc(C)ccc3n2)cc1. The van der Waals surface area contributed by atoms with Gasteiger partial charge in [0.2, 0.25) is 0 Å². The van der Waals surface area contributed by atoms with Crippen molar-refractivity contribution < 1.29 is 0 Å². The van der Waals surface area contributed by atoms with Crippen LogP contribution in [-0.4, -0.2) is 4.98 Å². The van der Waals surface area contributed by atoms with Crippen molar-refractivity contribution in [2.75, 3.05) is 5.32 Å². The van der Waals surface area contributed by atoms with E-state index in [2.05, 4.69) is 72.7 Å². The summed E-state index contributed by atoms with van der Waals surface area (Å²) < 4.78 is 0. The van der Waals surface area contributed by atoms with E-state index in [0.29, 0.717) is 0 Å². The molecule has 2 nitrogen and oxygen atoms in total. The monoisotopic (exact) mass is 262 g/mol. The minimum Gasteiger partial charge on any atom is -0.366 e. The molecule has 1 heterocycles. The third-order valence-electron chi connectivity index (χ3n) is 3.44. The summed E-state index contributed by atoms with van der Waals surface area (Å²) in [5.74, 6) is 0.918. The van der Waals surface area contributed by atoms with Crippen molar-refractivity contribution in [2.24, 2.45) is 0 Å². The maximum absolute atomic E-state index is 4.64. The van der Waals surface area contributed by atoms with Gasteiger partial charge in [-0.25, -0.2) is 4.98 Å². The molecule has 1 N–H and O–H groups in total. The van der Waals surface area contributed by atoms with Crippen LogP contribution >= 0.6 is 0 Å². The van der Waals surface area contributed by atoms with Gasteiger partial charge >= 0.3 is 0 Å². The number of fused-ring (bicyclic) bond motifs is 1. The lowest BCUT2D eigenvalue weighted by molar-refractivity contribution is 1.12. The average Bonchev–Trinajstić information content (AvgIpc) is 2.46. The van der Waals surface area contributed by atoms with Crippen LogP contribution in [0.3, 0.4) is 0 Å². The van der Waals surface area contributed by atoms with E-state index in [0.717, 1.165) is 17.9 Å². The van der Waals surface area contributed by atoms with Gasteiger partial charge in [0.05, 0.1) is 5.52 Å². The Morgan fingerprint density at radius 1 is 0.850 bits per heavy atom. The van der Waals surface area contributed by atoms with Gasteiger partial charge in [-0.05, 0) is 43.7 Å². The second-order valence-electron chi connectivity index (χ2n) is 5.23. The summed E-state index contributed by atoms with van der Waals surface area (Å²) in [6, 6.07) is 19.0. The molecule has 0 bridgehead atoms. The third kappa shape index (κ3) is 2.80. The van der Waals surface area contributed by atoms with Crippen molar-refractivity contribution in [1.29, 1.82) is 0 Å². The lowest BCUT2D eigenvalue weighted by atomic mass is 10.1. The zero-order chi connectivity index (χ0) is 13.9. The van der Waals surface area contributed by atoms with Crippen molar-refractivity contribution in [2.45, 2.75) is 20.4 Å². The van der Waals surface area contributed by atoms with Crippen molar-refractivity contribution in [1.82, 2.24) is 4.98 Å². The van der Waals surface area contributed by atoms with Crippen molar-refractivity contribution in [3.8, 4) is 0 Å². The minimum atomic E-state index is 0.796. The molecule has 3 rings (SSSR count). The molecule has 3 aromatic rings. The number of nitrogens with one attached hydrogen (secondary N) is 1. The Hall–Kier alpha value is -2.35. The van der Waals surface area contributed by atoms with Crippen molar-refractivity contribution >= 4 is 16.7 Å². The molecule has 0 fully saturated rings. The van der Waals surface area contributed by atoms with Gasteiger partial charge < -0.3 is 5.32 Å². The highest BCUT2D eigenvalue weighted by atomic mass is 15.0. The first kappa shape index (κ1) is 12.7. The number of hydrogen-bond acceptors (Lipinski definition) is 2. The fourth-order valence-electron chi connectivity index (χ4n) is 2.24. The van der Waals surface area contributed by atoms with Crippen molar-refractivity contribution in [3.63, 3.8) is 0 Å². The molecule has 2 aromatic carbocycles. The first-order valence-electron chi connectivity index (χ1n) is 6.87. The molecule has 0 atom stereocenters. The first-order valence-corrected chi connectivity index (χ1v) is 6.87. The maximum atomic E-state index is 4.64. The number of aromatic nitrogens is 1. The van der Waals surface area contributed by atoms with E-state index >= 15 is 0 Å². The van der Waals surface area contributed by atoms with Crippen molar-refractivity contribution in [3.05, 3.63) is 71.3 Å². The summed E-state index contributed by atoms with van der Waals surface area (Å²) in [6.07, 6.45) is 0. The summed E-state index contributed by atoms with van der Waals surface area (Å²) in [5, 5.41) is 4.56. The molecule has 0 aliphatic heterocycles. The molecule has 0 spiro atoms. The molecule has 2 heteroatoms. The summed E-state index contributed by atoms with van der Waals surface area (Å²) >= 11 is 0. The van der Waals surface area contributed by atoms with Gasteiger partial charge in [-0.1, -0.05) is 41.5 Å². The highest BCUT2D eigenvalue weighted by molar-refractivity contribution is 5.80. The highest BCUT2D eigenvalue weighted by Gasteiger charge is 1.99. The smallest absolute Gasteiger partial charge is 0.126 e. The number of rotatable bonds is 3. The van der Waals surface area contributed by atoms with Crippen LogP contribution in [0.4, 0.5) is 5.82 Å². The summed E-state index contributed by atoms with van der Waals surface area (Å²) in [4.78, 5) is 4.64. The van der Waals surface area contributed by atoms with E-state index in [1.54, 1.807) is 0 Å². The molecule has 0 saturated heterocycles. The number of nitrogens with zero attached hydrogens (tertiary/aromatic N) is 1. The van der Waals surface area contributed by atoms with Gasteiger partial charge in [-0.3, -0.25) is 0 Å². The second-order valence-corrected chi connectivity index (χ2v) is 5.23. The zero-order valence-electron chi connectivity index (χ0n) is 11.9. The van der Waals surface area contributed by atoms with Gasteiger partial charge in [0.1, 0.15) is 5.82 Å². The lowest BCUT2D eigenvalue weighted by Gasteiger charge is -2.07. The molecule has 0 saturated carbocycles. The van der Waals surface area contributed by atoms with Gasteiger partial charge in [0.25, 0.3) is 0 Å². The molecule has 0 amide bonds. The summed E-state index contributed by atoms with van der Waals surface area (Å²) in [7, 11) is 0. The van der Waals surface area contributed by atoms with Gasteiger partial charge in [-0.15, -0.1) is 0 Å². The second kappa shape index (κ2) is 5.33. The lowest BCUT2D eigenvalue weighted by Crippen LogP contribution is -2.01. The molecule has 0 aliphatic rings. The number of hydrogen-bond donors (Lipinski definition) is 1. The van der Waals surface area contributed by atoms with E-state index in [-0.39, 0.29) is 0 Å². The van der Waals surface area contributed by atoms with E-state index in [1.807, 2.05) is 6.07 Å². The topological polar surface area (TPSA) is 24.9 Å². The normalized spacial score (nSPS) is 10.7. The maximum Gasteiger partial charge on any atom is 0.126 e. The Morgan fingerprint density at radius 2 is 1.60 bits per heavy atom. The van der Waals surface area contributed by atoms with Crippen LogP contribution in [0.15, 0.2) is 54.6 Å². The molecule has 0 radical (unpaired) electrons. The fourth-order valence-corrected chi connectivity index (χ4v) is 2.24. The average molecular weight is 262 g/mol. The number of anilines is 1. The highest BCUT2D eigenvalue weighted by Crippen LogP contribution is 2.17. The number of benzene rings is 2. The molecular formula is C18H18N2. The first-order chi connectivity index (χ1) is 9.70. The Bertz CT molecular complexity index is 730. The Labute approximate surface area is 119 Å². The molecule has 0 aliphatic carbocycles. The summed E-state index contributed by atoms with van der Waals surface area (Å²) in [5.41, 5.74) is 4.85. The van der Waals surface area contributed by atoms with Gasteiger partial charge in [0, 0.05) is 11.9 Å². The fraction of sp³-hybridized carbons (Fsp3) is 0.167. The van der Waals surface area contributed by atoms with Crippen LogP contribution in [0.1, 0.15) is 16.7 Å². The molecule has 20 heavy (non-hydrogen) atoms. The predicted molar refractivity (Wildman–Crippen MR) is 85.0 cm³/mol. The van der Waals surface area contributed by atoms with E-state index < -0.39 is 0 Å². The van der Waals surface area contributed by atoms with Crippen LogP contribution in [0.2, 0.25) is 0 Å². The molecule has 1 aromatic heterocycles.